The summed E-state index contributed by atoms with van der Waals surface area (Å²) in [6, 6.07) is 30.8. The molecule has 0 radical (unpaired) electrons. The molecule has 2 aromatic heterocycles. The third-order valence-electron chi connectivity index (χ3n) is 4.99. The van der Waals surface area contributed by atoms with Crippen molar-refractivity contribution in [3.05, 3.63) is 102 Å². The van der Waals surface area contributed by atoms with Crippen molar-refractivity contribution in [2.75, 3.05) is 0 Å². The van der Waals surface area contributed by atoms with E-state index in [1.165, 1.54) is 27.1 Å². The molecule has 3 heterocycles. The lowest BCUT2D eigenvalue weighted by Crippen LogP contribution is -2.21. The maximum Gasteiger partial charge on any atom is 0.0701 e. The molecule has 5 rings (SSSR count). The van der Waals surface area contributed by atoms with Crippen LogP contribution < -0.4 is 0 Å². The van der Waals surface area contributed by atoms with Crippen LogP contribution in [-0.2, 0) is 0 Å². The Balaban J connectivity index is 0.00000153. The van der Waals surface area contributed by atoms with Crippen LogP contribution in [0, 0.1) is 0 Å². The highest BCUT2D eigenvalue weighted by Crippen LogP contribution is 2.63. The summed E-state index contributed by atoms with van der Waals surface area (Å²) < 4.78 is 2.42. The molecule has 0 nitrogen and oxygen atoms in total. The Labute approximate surface area is 253 Å². The number of rotatable bonds is 6. The van der Waals surface area contributed by atoms with E-state index in [0.29, 0.717) is 21.0 Å². The van der Waals surface area contributed by atoms with Gasteiger partial charge in [-0.15, -0.1) is 91.9 Å². The Morgan fingerprint density at radius 1 is 0.545 bits per heavy atom. The molecule has 9 heteroatoms. The van der Waals surface area contributed by atoms with E-state index in [2.05, 4.69) is 129 Å². The zero-order valence-electron chi connectivity index (χ0n) is 17.0. The van der Waals surface area contributed by atoms with E-state index < -0.39 is 0 Å². The van der Waals surface area contributed by atoms with Gasteiger partial charge in [0.2, 0.25) is 0 Å². The molecule has 1 saturated heterocycles. The van der Waals surface area contributed by atoms with Gasteiger partial charge in [0.15, 0.2) is 0 Å². The average Bonchev–Trinajstić information content (AvgIpc) is 3.49. The van der Waals surface area contributed by atoms with E-state index in [1.54, 1.807) is 0 Å². The van der Waals surface area contributed by atoms with Crippen molar-refractivity contribution < 1.29 is 0 Å². The highest BCUT2D eigenvalue weighted by molar-refractivity contribution is 9.11. The van der Waals surface area contributed by atoms with E-state index >= 15 is 0 Å². The van der Waals surface area contributed by atoms with Crippen LogP contribution in [0.3, 0.4) is 0 Å². The molecule has 1 aliphatic rings. The molecule has 0 N–H and O–H groups in total. The first-order chi connectivity index (χ1) is 15.2. The third kappa shape index (κ3) is 6.98. The van der Waals surface area contributed by atoms with Crippen molar-refractivity contribution in [3.8, 4) is 0 Å². The lowest BCUT2D eigenvalue weighted by molar-refractivity contribution is 0.814. The molecule has 4 atom stereocenters. The van der Waals surface area contributed by atoms with Crippen molar-refractivity contribution in [3.63, 3.8) is 0 Å². The minimum Gasteiger partial charge on any atom is -0.141 e. The molecule has 4 unspecified atom stereocenters. The van der Waals surface area contributed by atoms with Gasteiger partial charge < -0.3 is 0 Å². The number of halogens is 4. The second-order valence-electron chi connectivity index (χ2n) is 7.05. The van der Waals surface area contributed by atoms with Crippen LogP contribution in [0.5, 0.6) is 0 Å². The lowest BCUT2D eigenvalue weighted by Gasteiger charge is -2.24. The van der Waals surface area contributed by atoms with Crippen molar-refractivity contribution in [1.82, 2.24) is 0 Å². The van der Waals surface area contributed by atoms with Gasteiger partial charge in [-0.2, -0.15) is 0 Å². The number of benzene rings is 2. The van der Waals surface area contributed by atoms with Crippen LogP contribution in [0.15, 0.2) is 102 Å². The van der Waals surface area contributed by atoms with Crippen LogP contribution in [0.1, 0.15) is 20.3 Å². The standard InChI is InChI=1S/C24H18Br2S5.2BrH/c25-19-13-11-17(29-19)21-23(27-15-7-3-1-4-8-15)24(28-16-9-5-2-6-10-16)22(31-21)18-12-14-20(26)30-18;;/h1-14,21-24H;2*1H. The van der Waals surface area contributed by atoms with E-state index in [9.17, 15) is 0 Å². The first-order valence-corrected chi connectivity index (χ1v) is 15.7. The Bertz CT molecular complexity index is 1040. The Hall–Kier alpha value is 0.810. The van der Waals surface area contributed by atoms with Gasteiger partial charge in [-0.1, -0.05) is 36.4 Å². The molecule has 2 aromatic carbocycles. The van der Waals surface area contributed by atoms with Gasteiger partial charge in [-0.3, -0.25) is 0 Å². The number of hydrogen-bond donors (Lipinski definition) is 0. The molecule has 0 saturated carbocycles. The zero-order chi connectivity index (χ0) is 21.2. The van der Waals surface area contributed by atoms with Crippen molar-refractivity contribution in [1.29, 1.82) is 0 Å². The highest BCUT2D eigenvalue weighted by atomic mass is 79.9. The molecule has 33 heavy (non-hydrogen) atoms. The summed E-state index contributed by atoms with van der Waals surface area (Å²) in [5, 5.41) is 1.84. The first kappa shape index (κ1) is 28.4. The van der Waals surface area contributed by atoms with Crippen molar-refractivity contribution >= 4 is 124 Å². The van der Waals surface area contributed by atoms with Gasteiger partial charge in [0.1, 0.15) is 0 Å². The van der Waals surface area contributed by atoms with Crippen LogP contribution in [0.25, 0.3) is 0 Å². The minimum atomic E-state index is 0. The first-order valence-electron chi connectivity index (χ1n) is 9.77. The molecule has 0 spiro atoms. The highest BCUT2D eigenvalue weighted by Gasteiger charge is 2.47. The fourth-order valence-electron chi connectivity index (χ4n) is 3.65. The quantitative estimate of drug-likeness (QED) is 0.191. The average molecular weight is 788 g/mol. The van der Waals surface area contributed by atoms with E-state index in [4.69, 9.17) is 0 Å². The molecule has 0 aliphatic carbocycles. The van der Waals surface area contributed by atoms with Gasteiger partial charge in [-0.05, 0) is 80.4 Å². The predicted molar refractivity (Wildman–Crippen MR) is 170 cm³/mol. The topological polar surface area (TPSA) is 0 Å². The van der Waals surface area contributed by atoms with Gasteiger partial charge in [-0.25, -0.2) is 0 Å². The summed E-state index contributed by atoms with van der Waals surface area (Å²) in [7, 11) is 0. The van der Waals surface area contributed by atoms with Gasteiger partial charge in [0.05, 0.1) is 18.1 Å². The molecule has 1 fully saturated rings. The Kier molecular flexibility index (Phi) is 11.5. The number of thioether (sulfide) groups is 3. The number of hydrogen-bond acceptors (Lipinski definition) is 5. The lowest BCUT2D eigenvalue weighted by atomic mass is 10.1. The van der Waals surface area contributed by atoms with Crippen LogP contribution in [-0.4, -0.2) is 10.5 Å². The monoisotopic (exact) mass is 784 g/mol. The summed E-state index contributed by atoms with van der Waals surface area (Å²) >= 11 is 17.4. The SMILES string of the molecule is Br.Br.Brc1ccc(C2SC(c3ccc(Br)s3)C(Sc3ccccc3)C2Sc2ccccc2)s1. The molecule has 1 aliphatic heterocycles. The minimum absolute atomic E-state index is 0. The predicted octanol–water partition coefficient (Wildman–Crippen LogP) is 11.3. The summed E-state index contributed by atoms with van der Waals surface area (Å²) in [6.45, 7) is 0. The molecular formula is C24H20Br4S5. The maximum atomic E-state index is 3.69. The molecule has 174 valence electrons. The summed E-state index contributed by atoms with van der Waals surface area (Å²) in [5.41, 5.74) is 0. The summed E-state index contributed by atoms with van der Waals surface area (Å²) in [6.07, 6.45) is 0. The second kappa shape index (κ2) is 13.4. The molecule has 0 amide bonds. The van der Waals surface area contributed by atoms with Crippen molar-refractivity contribution in [2.24, 2.45) is 0 Å². The third-order valence-corrected chi connectivity index (χ3v) is 13.7. The zero-order valence-corrected chi connectivity index (χ0v) is 27.7. The Morgan fingerprint density at radius 3 is 1.27 bits per heavy atom. The smallest absolute Gasteiger partial charge is 0.0701 e. The molecule has 4 aromatic rings. The van der Waals surface area contributed by atoms with Crippen LogP contribution in [0.2, 0.25) is 0 Å². The molecule has 0 bridgehead atoms. The normalized spacial score (nSPS) is 21.9. The van der Waals surface area contributed by atoms with E-state index in [-0.39, 0.29) is 34.0 Å². The summed E-state index contributed by atoms with van der Waals surface area (Å²) in [4.78, 5) is 5.62. The van der Waals surface area contributed by atoms with Gasteiger partial charge in [0, 0.05) is 30.0 Å². The fourth-order valence-corrected chi connectivity index (χ4v) is 12.4. The second-order valence-corrected chi connectivity index (χ2v) is 15.8. The van der Waals surface area contributed by atoms with E-state index in [0.717, 1.165) is 0 Å². The van der Waals surface area contributed by atoms with Crippen molar-refractivity contribution in [2.45, 2.75) is 30.8 Å². The van der Waals surface area contributed by atoms with Gasteiger partial charge in [0.25, 0.3) is 0 Å². The van der Waals surface area contributed by atoms with Crippen LogP contribution >= 0.6 is 124 Å². The van der Waals surface area contributed by atoms with Crippen LogP contribution in [0.4, 0.5) is 0 Å². The largest absolute Gasteiger partial charge is 0.141 e. The Morgan fingerprint density at radius 2 is 0.939 bits per heavy atom. The van der Waals surface area contributed by atoms with Gasteiger partial charge >= 0.3 is 0 Å². The fraction of sp³-hybridized carbons (Fsp3) is 0.167. The summed E-state index contributed by atoms with van der Waals surface area (Å²) in [5.74, 6) is 0. The van der Waals surface area contributed by atoms with E-state index in [1.807, 2.05) is 46.2 Å². The maximum absolute atomic E-state index is 3.69. The molecular weight excluding hydrogens is 768 g/mol. The number of thiophene rings is 2.